The Kier molecular flexibility index (Phi) is 8.97. The Balaban J connectivity index is 1.43. The highest BCUT2D eigenvalue weighted by Crippen LogP contribution is 2.41. The highest BCUT2D eigenvalue weighted by atomic mass is 15.2. The molecule has 3 aliphatic rings. The summed E-state index contributed by atoms with van der Waals surface area (Å²) in [6, 6.07) is 25.1. The van der Waals surface area contributed by atoms with E-state index in [1.165, 1.54) is 11.1 Å². The van der Waals surface area contributed by atoms with Crippen molar-refractivity contribution in [2.45, 2.75) is 33.2 Å². The molecule has 4 aromatic rings. The summed E-state index contributed by atoms with van der Waals surface area (Å²) in [5.74, 6) is 0. The standard InChI is InChI=1S/C47H36N4/c1-5-8-20-44-32(4)39-16-11-14-22-47(39)51(44)37-26-34(30-49)25-36(28-37)40-17-9-10-18-41(40)42-19-12-13-21-46(42)50-31-35-24-23-33(29-48)27-43(35)38(7-3)45(50)15-6-2/h5-10,14-15,17-28H,1,3,11,16,31H2,2,4H3/b15-6-,20-8-. The van der Waals surface area contributed by atoms with Gasteiger partial charge in [0.1, 0.15) is 0 Å². The summed E-state index contributed by atoms with van der Waals surface area (Å²) < 4.78 is 2.28. The van der Waals surface area contributed by atoms with Crippen molar-refractivity contribution in [2.75, 3.05) is 0 Å². The molecule has 0 atom stereocenters. The van der Waals surface area contributed by atoms with Crippen LogP contribution in [0.2, 0.25) is 0 Å². The first-order valence-corrected chi connectivity index (χ1v) is 17.1. The summed E-state index contributed by atoms with van der Waals surface area (Å²) in [6.07, 6.45) is 22.3. The average molecular weight is 657 g/mol. The number of nitriles is 2. The molecule has 0 radical (unpaired) electrons. The molecule has 0 saturated carbocycles. The predicted molar refractivity (Wildman–Crippen MR) is 209 cm³/mol. The summed E-state index contributed by atoms with van der Waals surface area (Å²) in [5, 5.41) is 20.0. The van der Waals surface area contributed by atoms with Crippen molar-refractivity contribution < 1.29 is 0 Å². The first kappa shape index (κ1) is 32.7. The molecule has 2 aliphatic carbocycles. The van der Waals surface area contributed by atoms with E-state index in [9.17, 15) is 10.5 Å². The number of hydrogen-bond donors (Lipinski definition) is 0. The molecule has 3 aromatic carbocycles. The van der Waals surface area contributed by atoms with Gasteiger partial charge in [0.2, 0.25) is 0 Å². The maximum atomic E-state index is 10.3. The number of aromatic nitrogens is 1. The summed E-state index contributed by atoms with van der Waals surface area (Å²) in [7, 11) is 0. The minimum absolute atomic E-state index is 0.585. The van der Waals surface area contributed by atoms with Gasteiger partial charge in [0.05, 0.1) is 29.0 Å². The lowest BCUT2D eigenvalue weighted by molar-refractivity contribution is 0.443. The minimum Gasteiger partial charge on any atom is -0.335 e. The van der Waals surface area contributed by atoms with Gasteiger partial charge in [-0.2, -0.15) is 10.5 Å². The second-order valence-electron chi connectivity index (χ2n) is 12.6. The smallest absolute Gasteiger partial charge is 0.0992 e. The lowest BCUT2D eigenvalue weighted by atomic mass is 9.88. The lowest BCUT2D eigenvalue weighted by Crippen LogP contribution is -2.26. The monoisotopic (exact) mass is 656 g/mol. The predicted octanol–water partition coefficient (Wildman–Crippen LogP) is 10.9. The summed E-state index contributed by atoms with van der Waals surface area (Å²) in [6.45, 7) is 12.9. The molecular weight excluding hydrogens is 621 g/mol. The van der Waals surface area contributed by atoms with Crippen molar-refractivity contribution in [3.05, 3.63) is 196 Å². The van der Waals surface area contributed by atoms with Crippen LogP contribution >= 0.6 is 0 Å². The van der Waals surface area contributed by atoms with E-state index in [0.717, 1.165) is 80.3 Å². The van der Waals surface area contributed by atoms with E-state index in [1.54, 1.807) is 6.08 Å². The Labute approximate surface area is 300 Å². The molecule has 7 rings (SSSR count). The van der Waals surface area contributed by atoms with Crippen LogP contribution in [0.1, 0.15) is 63.7 Å². The van der Waals surface area contributed by atoms with Gasteiger partial charge in [0, 0.05) is 46.5 Å². The molecule has 0 bridgehead atoms. The van der Waals surface area contributed by atoms with Gasteiger partial charge >= 0.3 is 0 Å². The Morgan fingerprint density at radius 2 is 1.69 bits per heavy atom. The fourth-order valence-corrected chi connectivity index (χ4v) is 7.41. The number of fused-ring (bicyclic) bond motifs is 2. The quantitative estimate of drug-likeness (QED) is 0.140. The van der Waals surface area contributed by atoms with Gasteiger partial charge in [-0.3, -0.25) is 0 Å². The molecule has 0 saturated heterocycles. The van der Waals surface area contributed by atoms with Crippen LogP contribution in [0.3, 0.4) is 0 Å². The van der Waals surface area contributed by atoms with Crippen LogP contribution < -0.4 is 0 Å². The first-order valence-electron chi connectivity index (χ1n) is 17.1. The molecular formula is C47H36N4. The molecule has 0 spiro atoms. The van der Waals surface area contributed by atoms with Crippen LogP contribution in [0, 0.1) is 29.6 Å². The van der Waals surface area contributed by atoms with E-state index in [2.05, 4.69) is 102 Å². The average Bonchev–Trinajstić information content (AvgIpc) is 3.47. The molecule has 4 nitrogen and oxygen atoms in total. The summed E-state index contributed by atoms with van der Waals surface area (Å²) in [5.41, 5.74) is 22.4. The van der Waals surface area contributed by atoms with E-state index in [0.29, 0.717) is 17.7 Å². The van der Waals surface area contributed by atoms with Crippen molar-refractivity contribution in [2.24, 2.45) is 0 Å². The van der Waals surface area contributed by atoms with Gasteiger partial charge in [0.15, 0.2) is 0 Å². The fraction of sp³-hybridized carbons (Fsp3) is 0.106. The zero-order valence-corrected chi connectivity index (χ0v) is 28.9. The van der Waals surface area contributed by atoms with Crippen molar-refractivity contribution in [3.63, 3.8) is 0 Å². The molecule has 1 aromatic heterocycles. The largest absolute Gasteiger partial charge is 0.335 e. The Morgan fingerprint density at radius 3 is 2.45 bits per heavy atom. The Bertz CT molecular complexity index is 2490. The van der Waals surface area contributed by atoms with Gasteiger partial charge in [-0.15, -0.1) is 0 Å². The van der Waals surface area contributed by atoms with E-state index in [4.69, 9.17) is 0 Å². The summed E-state index contributed by atoms with van der Waals surface area (Å²) >= 11 is 0. The number of rotatable bonds is 8. The van der Waals surface area contributed by atoms with Crippen LogP contribution in [0.4, 0.5) is 0 Å². The molecule has 0 fully saturated rings. The number of nitrogens with zero attached hydrogens (tertiary/aromatic N) is 4. The minimum atomic E-state index is 0.585. The van der Waals surface area contributed by atoms with Gasteiger partial charge in [-0.25, -0.2) is 0 Å². The Morgan fingerprint density at radius 1 is 0.882 bits per heavy atom. The van der Waals surface area contributed by atoms with Crippen molar-refractivity contribution >= 4 is 23.3 Å². The molecule has 0 N–H and O–H groups in total. The van der Waals surface area contributed by atoms with Crippen molar-refractivity contribution in [1.29, 1.82) is 10.5 Å². The topological polar surface area (TPSA) is 55.8 Å². The van der Waals surface area contributed by atoms with Gasteiger partial charge in [-0.1, -0.05) is 85.3 Å². The SMILES string of the molecule is C=C/C=C\c1c(C)c2c(n1-c1cc(C#N)cc(-c3ccccc3C3=C(N4Cc5ccc(C#N)cc5C(C=C)=C4/C=C\C)C=C=C=C3)c1)C=CCC2. The van der Waals surface area contributed by atoms with Crippen LogP contribution in [0.25, 0.3) is 40.1 Å². The number of hydrogen-bond acceptors (Lipinski definition) is 3. The third kappa shape index (κ3) is 5.82. The number of allylic oxidation sites excluding steroid dienone is 10. The van der Waals surface area contributed by atoms with Crippen LogP contribution in [-0.2, 0) is 13.0 Å². The maximum absolute atomic E-state index is 10.3. The highest BCUT2D eigenvalue weighted by molar-refractivity contribution is 5.90. The summed E-state index contributed by atoms with van der Waals surface area (Å²) in [4.78, 5) is 2.29. The molecule has 0 unspecified atom stereocenters. The maximum Gasteiger partial charge on any atom is 0.0992 e. The van der Waals surface area contributed by atoms with Crippen LogP contribution in [0.15, 0.2) is 145 Å². The molecule has 51 heavy (non-hydrogen) atoms. The van der Waals surface area contributed by atoms with E-state index in [-0.39, 0.29) is 0 Å². The molecule has 244 valence electrons. The van der Waals surface area contributed by atoms with Crippen LogP contribution in [-0.4, -0.2) is 9.47 Å². The van der Waals surface area contributed by atoms with Crippen LogP contribution in [0.5, 0.6) is 0 Å². The molecule has 0 amide bonds. The third-order valence-electron chi connectivity index (χ3n) is 9.72. The van der Waals surface area contributed by atoms with Gasteiger partial charge < -0.3 is 9.47 Å². The normalized spacial score (nSPS) is 14.6. The molecule has 1 aliphatic heterocycles. The first-order chi connectivity index (χ1) is 25.0. The van der Waals surface area contributed by atoms with E-state index in [1.807, 2.05) is 73.7 Å². The van der Waals surface area contributed by atoms with E-state index >= 15 is 0 Å². The third-order valence-corrected chi connectivity index (χ3v) is 9.72. The zero-order chi connectivity index (χ0) is 35.5. The number of benzene rings is 3. The van der Waals surface area contributed by atoms with E-state index < -0.39 is 0 Å². The highest BCUT2D eigenvalue weighted by Gasteiger charge is 2.27. The molecule has 2 heterocycles. The zero-order valence-electron chi connectivity index (χ0n) is 28.9. The van der Waals surface area contributed by atoms with Gasteiger partial charge in [0.25, 0.3) is 0 Å². The fourth-order valence-electron chi connectivity index (χ4n) is 7.41. The second kappa shape index (κ2) is 14.0. The molecule has 4 heteroatoms. The second-order valence-corrected chi connectivity index (χ2v) is 12.6. The van der Waals surface area contributed by atoms with Gasteiger partial charge in [-0.05, 0) is 120 Å². The lowest BCUT2D eigenvalue weighted by Gasteiger charge is -2.35. The Hall–Kier alpha value is -6.80. The van der Waals surface area contributed by atoms with Crippen molar-refractivity contribution in [1.82, 2.24) is 9.47 Å². The van der Waals surface area contributed by atoms with Crippen molar-refractivity contribution in [3.8, 4) is 29.0 Å².